The largest absolute Gasteiger partial charge is 0.462 e. The lowest BCUT2D eigenvalue weighted by Crippen LogP contribution is -2.30. The zero-order valence-corrected chi connectivity index (χ0v) is 14.4. The first kappa shape index (κ1) is 16.4. The Bertz CT molecular complexity index is 811. The van der Waals surface area contributed by atoms with Crippen molar-refractivity contribution in [2.45, 2.75) is 6.92 Å². The van der Waals surface area contributed by atoms with Gasteiger partial charge in [-0.15, -0.1) is 11.3 Å². The van der Waals surface area contributed by atoms with E-state index >= 15 is 0 Å². The molecule has 1 saturated heterocycles. The van der Waals surface area contributed by atoms with Crippen LogP contribution in [0.25, 0.3) is 6.08 Å². The number of nitrogens with one attached hydrogen (secondary N) is 1. The molecule has 5 nitrogen and oxygen atoms in total. The average molecular weight is 358 g/mol. The Balaban J connectivity index is 1.83. The molecule has 2 heterocycles. The minimum Gasteiger partial charge on any atom is -0.462 e. The highest BCUT2D eigenvalue weighted by molar-refractivity contribution is 7.80. The standard InChI is InChI=1S/C17H14N2O3S2/c1-2-22-16(21)11-5-7-12(8-6-11)19-15(20)14(18-17(19)23)10-13-4-3-9-24-13/h3-10H,2H2,1H3,(H,18,23)/b14-10+. The van der Waals surface area contributed by atoms with Crippen LogP contribution in [0.1, 0.15) is 22.2 Å². The Morgan fingerprint density at radius 3 is 2.71 bits per heavy atom. The lowest BCUT2D eigenvalue weighted by molar-refractivity contribution is -0.113. The highest BCUT2D eigenvalue weighted by Gasteiger charge is 2.32. The van der Waals surface area contributed by atoms with Gasteiger partial charge in [0.05, 0.1) is 17.9 Å². The first-order valence-electron chi connectivity index (χ1n) is 7.28. The third-order valence-corrected chi connectivity index (χ3v) is 4.45. The summed E-state index contributed by atoms with van der Waals surface area (Å²) in [7, 11) is 0. The number of anilines is 1. The summed E-state index contributed by atoms with van der Waals surface area (Å²) in [6.45, 7) is 2.07. The molecule has 1 aliphatic heterocycles. The number of thiophene rings is 1. The van der Waals surface area contributed by atoms with Crippen LogP contribution in [-0.4, -0.2) is 23.6 Å². The number of benzene rings is 1. The fourth-order valence-electron chi connectivity index (χ4n) is 2.25. The van der Waals surface area contributed by atoms with Gasteiger partial charge in [-0.2, -0.15) is 0 Å². The number of carbonyl (C=O) groups excluding carboxylic acids is 2. The van der Waals surface area contributed by atoms with Crippen LogP contribution in [0.4, 0.5) is 5.69 Å². The first-order valence-corrected chi connectivity index (χ1v) is 8.56. The fraction of sp³-hybridized carbons (Fsp3) is 0.118. The van der Waals surface area contributed by atoms with Crippen molar-refractivity contribution in [3.63, 3.8) is 0 Å². The van der Waals surface area contributed by atoms with Gasteiger partial charge in [0, 0.05) is 4.88 Å². The van der Waals surface area contributed by atoms with Gasteiger partial charge in [-0.05, 0) is 60.9 Å². The summed E-state index contributed by atoms with van der Waals surface area (Å²) in [5.74, 6) is -0.618. The highest BCUT2D eigenvalue weighted by atomic mass is 32.1. The van der Waals surface area contributed by atoms with E-state index < -0.39 is 5.97 Å². The summed E-state index contributed by atoms with van der Waals surface area (Å²) < 4.78 is 4.95. The Hall–Kier alpha value is -2.51. The van der Waals surface area contributed by atoms with Gasteiger partial charge in [-0.1, -0.05) is 6.07 Å². The first-order chi connectivity index (χ1) is 11.6. The Morgan fingerprint density at radius 1 is 1.33 bits per heavy atom. The highest BCUT2D eigenvalue weighted by Crippen LogP contribution is 2.24. The summed E-state index contributed by atoms with van der Waals surface area (Å²) in [5.41, 5.74) is 1.46. The number of rotatable bonds is 4. The predicted molar refractivity (Wildman–Crippen MR) is 97.9 cm³/mol. The van der Waals surface area contributed by atoms with Gasteiger partial charge in [0.1, 0.15) is 5.70 Å². The molecular formula is C17H14N2O3S2. The molecule has 0 unspecified atom stereocenters. The summed E-state index contributed by atoms with van der Waals surface area (Å²) in [6.07, 6.45) is 1.77. The average Bonchev–Trinajstić information content (AvgIpc) is 3.17. The molecule has 1 aromatic heterocycles. The molecule has 1 fully saturated rings. The molecule has 1 aliphatic rings. The van der Waals surface area contributed by atoms with Crippen LogP contribution in [0.2, 0.25) is 0 Å². The summed E-state index contributed by atoms with van der Waals surface area (Å²) >= 11 is 6.80. The number of hydrogen-bond acceptors (Lipinski definition) is 5. The van der Waals surface area contributed by atoms with E-state index in [9.17, 15) is 9.59 Å². The number of nitrogens with zero attached hydrogens (tertiary/aromatic N) is 1. The van der Waals surface area contributed by atoms with E-state index in [2.05, 4.69) is 5.32 Å². The monoisotopic (exact) mass is 358 g/mol. The maximum Gasteiger partial charge on any atom is 0.338 e. The number of amides is 1. The van der Waals surface area contributed by atoms with Gasteiger partial charge in [0.15, 0.2) is 5.11 Å². The molecule has 0 atom stereocenters. The Labute approximate surface area is 148 Å². The van der Waals surface area contributed by atoms with Crippen LogP contribution in [0.5, 0.6) is 0 Å². The molecule has 3 rings (SSSR count). The van der Waals surface area contributed by atoms with Crippen molar-refractivity contribution in [1.29, 1.82) is 0 Å². The molecule has 0 radical (unpaired) electrons. The molecule has 24 heavy (non-hydrogen) atoms. The minimum atomic E-state index is -0.393. The third-order valence-electron chi connectivity index (χ3n) is 3.34. The summed E-state index contributed by atoms with van der Waals surface area (Å²) in [6, 6.07) is 10.4. The summed E-state index contributed by atoms with van der Waals surface area (Å²) in [5, 5.41) is 5.18. The SMILES string of the molecule is CCOC(=O)c1ccc(N2C(=O)/C(=C\c3cccs3)NC2=S)cc1. The van der Waals surface area contributed by atoms with E-state index in [1.165, 1.54) is 16.2 Å². The number of carbonyl (C=O) groups is 2. The van der Waals surface area contributed by atoms with Crippen LogP contribution in [0.15, 0.2) is 47.5 Å². The second kappa shape index (κ2) is 6.94. The van der Waals surface area contributed by atoms with E-state index in [-0.39, 0.29) is 5.91 Å². The van der Waals surface area contributed by atoms with E-state index in [4.69, 9.17) is 17.0 Å². The fourth-order valence-corrected chi connectivity index (χ4v) is 3.20. The number of ether oxygens (including phenoxy) is 1. The van der Waals surface area contributed by atoms with Crippen molar-refractivity contribution < 1.29 is 14.3 Å². The van der Waals surface area contributed by atoms with E-state index in [0.29, 0.717) is 28.7 Å². The van der Waals surface area contributed by atoms with Gasteiger partial charge < -0.3 is 10.1 Å². The van der Waals surface area contributed by atoms with Gasteiger partial charge >= 0.3 is 5.97 Å². The van der Waals surface area contributed by atoms with Gasteiger partial charge in [-0.3, -0.25) is 9.69 Å². The van der Waals surface area contributed by atoms with Gasteiger partial charge in [0.2, 0.25) is 0 Å². The maximum atomic E-state index is 12.6. The van der Waals surface area contributed by atoms with Crippen LogP contribution in [0, 0.1) is 0 Å². The van der Waals surface area contributed by atoms with Gasteiger partial charge in [-0.25, -0.2) is 4.79 Å². The molecule has 0 spiro atoms. The zero-order valence-electron chi connectivity index (χ0n) is 12.8. The quantitative estimate of drug-likeness (QED) is 0.517. The van der Waals surface area contributed by atoms with Gasteiger partial charge in [0.25, 0.3) is 5.91 Å². The normalized spacial score (nSPS) is 15.7. The molecular weight excluding hydrogens is 344 g/mol. The van der Waals surface area contributed by atoms with Crippen LogP contribution in [-0.2, 0) is 9.53 Å². The third kappa shape index (κ3) is 3.22. The van der Waals surface area contributed by atoms with Crippen molar-refractivity contribution in [2.75, 3.05) is 11.5 Å². The topological polar surface area (TPSA) is 58.6 Å². The van der Waals surface area contributed by atoms with E-state index in [1.54, 1.807) is 37.3 Å². The Morgan fingerprint density at radius 2 is 2.08 bits per heavy atom. The second-order valence-electron chi connectivity index (χ2n) is 4.91. The van der Waals surface area contributed by atoms with Crippen LogP contribution < -0.4 is 10.2 Å². The van der Waals surface area contributed by atoms with Crippen molar-refractivity contribution >= 4 is 52.3 Å². The van der Waals surface area contributed by atoms with Crippen molar-refractivity contribution in [2.24, 2.45) is 0 Å². The second-order valence-corrected chi connectivity index (χ2v) is 6.28. The molecule has 2 aromatic rings. The molecule has 7 heteroatoms. The number of thiocarbonyl (C=S) groups is 1. The molecule has 0 bridgehead atoms. The van der Waals surface area contributed by atoms with Crippen molar-refractivity contribution in [3.8, 4) is 0 Å². The number of hydrogen-bond donors (Lipinski definition) is 1. The van der Waals surface area contributed by atoms with E-state index in [1.807, 2.05) is 17.5 Å². The maximum absolute atomic E-state index is 12.6. The number of esters is 1. The minimum absolute atomic E-state index is 0.225. The molecule has 0 saturated carbocycles. The molecule has 1 amide bonds. The van der Waals surface area contributed by atoms with Crippen molar-refractivity contribution in [1.82, 2.24) is 5.32 Å². The summed E-state index contributed by atoms with van der Waals surface area (Å²) in [4.78, 5) is 26.6. The molecule has 122 valence electrons. The molecule has 0 aliphatic carbocycles. The Kier molecular flexibility index (Phi) is 4.73. The smallest absolute Gasteiger partial charge is 0.338 e. The lowest BCUT2D eigenvalue weighted by Gasteiger charge is -2.14. The van der Waals surface area contributed by atoms with Crippen molar-refractivity contribution in [3.05, 3.63) is 57.9 Å². The van der Waals surface area contributed by atoms with Crippen LogP contribution in [0.3, 0.4) is 0 Å². The zero-order chi connectivity index (χ0) is 17.1. The predicted octanol–water partition coefficient (Wildman–Crippen LogP) is 3.19. The molecule has 1 aromatic carbocycles. The van der Waals surface area contributed by atoms with E-state index in [0.717, 1.165) is 4.88 Å². The van der Waals surface area contributed by atoms with Crippen LogP contribution >= 0.6 is 23.6 Å². The molecule has 1 N–H and O–H groups in total. The lowest BCUT2D eigenvalue weighted by atomic mass is 10.2.